The van der Waals surface area contributed by atoms with Crippen molar-refractivity contribution >= 4 is 5.91 Å². The molecule has 0 bridgehead atoms. The lowest BCUT2D eigenvalue weighted by molar-refractivity contribution is 0.0899. The zero-order valence-corrected chi connectivity index (χ0v) is 19.5. The molecule has 1 N–H and O–H groups in total. The number of hydrogen-bond donors (Lipinski definition) is 1. The molecule has 1 unspecified atom stereocenters. The maximum Gasteiger partial charge on any atom is 0.272 e. The number of carbonyl (C=O) groups excluding carboxylic acids is 1. The number of hydrogen-bond acceptors (Lipinski definition) is 6. The van der Waals surface area contributed by atoms with Crippen LogP contribution in [0.25, 0.3) is 0 Å². The third kappa shape index (κ3) is 6.52. The van der Waals surface area contributed by atoms with Crippen LogP contribution in [0.4, 0.5) is 0 Å². The average Bonchev–Trinajstić information content (AvgIpc) is 2.87. The highest BCUT2D eigenvalue weighted by Gasteiger charge is 2.22. The number of aromatic nitrogens is 2. The highest BCUT2D eigenvalue weighted by molar-refractivity contribution is 5.92. The van der Waals surface area contributed by atoms with E-state index in [1.807, 2.05) is 60.7 Å². The van der Waals surface area contributed by atoms with Gasteiger partial charge in [0.1, 0.15) is 18.1 Å². The Morgan fingerprint density at radius 2 is 1.65 bits per heavy atom. The van der Waals surface area contributed by atoms with E-state index in [0.29, 0.717) is 6.54 Å². The molecule has 1 saturated heterocycles. The second-order valence-electron chi connectivity index (χ2n) is 8.48. The molecular weight excluding hydrogens is 430 g/mol. The number of amides is 1. The summed E-state index contributed by atoms with van der Waals surface area (Å²) in [5.74, 6) is 0.416. The fourth-order valence-electron chi connectivity index (χ4n) is 3.94. The summed E-state index contributed by atoms with van der Waals surface area (Å²) in [5, 5.41) is 7.43. The van der Waals surface area contributed by atoms with Gasteiger partial charge >= 0.3 is 0 Å². The fraction of sp³-hybridized carbons (Fsp3) is 0.346. The summed E-state index contributed by atoms with van der Waals surface area (Å²) in [6.07, 6.45) is 0. The van der Waals surface area contributed by atoms with Crippen LogP contribution in [0.3, 0.4) is 0 Å². The van der Waals surface area contributed by atoms with E-state index in [4.69, 9.17) is 4.74 Å². The van der Waals surface area contributed by atoms with E-state index < -0.39 is 0 Å². The van der Waals surface area contributed by atoms with Gasteiger partial charge in [-0.2, -0.15) is 5.10 Å². The van der Waals surface area contributed by atoms with Crippen molar-refractivity contribution < 1.29 is 9.53 Å². The molecule has 2 heterocycles. The minimum absolute atomic E-state index is 0.180. The molecule has 1 fully saturated rings. The van der Waals surface area contributed by atoms with Crippen molar-refractivity contribution in [1.29, 1.82) is 0 Å². The van der Waals surface area contributed by atoms with Gasteiger partial charge in [0.2, 0.25) is 0 Å². The van der Waals surface area contributed by atoms with Gasteiger partial charge in [-0.15, -0.1) is 0 Å². The maximum atomic E-state index is 13.1. The molecule has 8 nitrogen and oxygen atoms in total. The lowest BCUT2D eigenvalue weighted by Crippen LogP contribution is -2.48. The van der Waals surface area contributed by atoms with Crippen molar-refractivity contribution in [2.45, 2.75) is 12.6 Å². The van der Waals surface area contributed by atoms with Crippen LogP contribution in [0.15, 0.2) is 77.6 Å². The van der Waals surface area contributed by atoms with Crippen LogP contribution in [0.2, 0.25) is 0 Å². The Morgan fingerprint density at radius 1 is 0.971 bits per heavy atom. The van der Waals surface area contributed by atoms with Crippen LogP contribution < -0.4 is 15.6 Å². The number of carbonyl (C=O) groups is 1. The molecule has 0 radical (unpaired) electrons. The fourth-order valence-corrected chi connectivity index (χ4v) is 3.94. The van der Waals surface area contributed by atoms with Gasteiger partial charge in [-0.1, -0.05) is 48.5 Å². The molecule has 1 amide bonds. The van der Waals surface area contributed by atoms with Crippen LogP contribution in [-0.2, 0) is 6.54 Å². The van der Waals surface area contributed by atoms with Crippen molar-refractivity contribution in [3.63, 3.8) is 0 Å². The molecule has 1 aliphatic rings. The Balaban J connectivity index is 1.43. The van der Waals surface area contributed by atoms with Gasteiger partial charge in [0.15, 0.2) is 0 Å². The van der Waals surface area contributed by atoms with Crippen molar-refractivity contribution in [1.82, 2.24) is 24.9 Å². The van der Waals surface area contributed by atoms with E-state index in [9.17, 15) is 9.59 Å². The first kappa shape index (κ1) is 23.7. The monoisotopic (exact) mass is 461 g/mol. The molecular formula is C26H31N5O3. The van der Waals surface area contributed by atoms with Crippen LogP contribution in [0.1, 0.15) is 22.1 Å². The second-order valence-corrected chi connectivity index (χ2v) is 8.48. The minimum Gasteiger partial charge on any atom is -0.492 e. The van der Waals surface area contributed by atoms with E-state index in [-0.39, 0.29) is 36.4 Å². The lowest BCUT2D eigenvalue weighted by atomic mass is 10.1. The Bertz CT molecular complexity index is 1110. The predicted octanol–water partition coefficient (Wildman–Crippen LogP) is 2.04. The molecule has 0 aliphatic carbocycles. The van der Waals surface area contributed by atoms with Gasteiger partial charge in [0.25, 0.3) is 11.5 Å². The molecule has 178 valence electrons. The molecule has 1 aliphatic heterocycles. The Morgan fingerprint density at radius 3 is 2.35 bits per heavy atom. The lowest BCUT2D eigenvalue weighted by Gasteiger charge is -2.35. The van der Waals surface area contributed by atoms with Gasteiger partial charge in [-0.05, 0) is 30.8 Å². The predicted molar refractivity (Wildman–Crippen MR) is 131 cm³/mol. The van der Waals surface area contributed by atoms with E-state index >= 15 is 0 Å². The van der Waals surface area contributed by atoms with Crippen LogP contribution in [0, 0.1) is 0 Å². The number of piperazine rings is 1. The molecule has 34 heavy (non-hydrogen) atoms. The highest BCUT2D eigenvalue weighted by Crippen LogP contribution is 2.16. The van der Waals surface area contributed by atoms with Gasteiger partial charge < -0.3 is 15.0 Å². The van der Waals surface area contributed by atoms with Crippen LogP contribution in [-0.4, -0.2) is 71.9 Å². The van der Waals surface area contributed by atoms with E-state index in [2.05, 4.69) is 27.3 Å². The first-order valence-corrected chi connectivity index (χ1v) is 11.6. The zero-order chi connectivity index (χ0) is 23.8. The van der Waals surface area contributed by atoms with E-state index in [1.54, 1.807) is 0 Å². The molecule has 0 spiro atoms. The van der Waals surface area contributed by atoms with Crippen molar-refractivity contribution in [2.24, 2.45) is 0 Å². The number of para-hydroxylation sites is 1. The first-order chi connectivity index (χ1) is 16.6. The Labute approximate surface area is 199 Å². The average molecular weight is 462 g/mol. The minimum atomic E-state index is -0.305. The van der Waals surface area contributed by atoms with E-state index in [0.717, 1.165) is 37.5 Å². The normalized spacial score (nSPS) is 15.6. The van der Waals surface area contributed by atoms with Crippen LogP contribution in [0.5, 0.6) is 5.75 Å². The summed E-state index contributed by atoms with van der Waals surface area (Å²) >= 11 is 0. The van der Waals surface area contributed by atoms with Gasteiger partial charge in [0.05, 0.1) is 12.6 Å². The summed E-state index contributed by atoms with van der Waals surface area (Å²) in [5.41, 5.74) is 0.975. The summed E-state index contributed by atoms with van der Waals surface area (Å²) in [4.78, 5) is 30.1. The quantitative estimate of drug-likeness (QED) is 0.525. The molecule has 1 atom stereocenters. The molecule has 2 aromatic carbocycles. The molecule has 4 rings (SSSR count). The third-order valence-electron chi connectivity index (χ3n) is 5.96. The molecule has 3 aromatic rings. The summed E-state index contributed by atoms with van der Waals surface area (Å²) in [7, 11) is 2.12. The number of nitrogens with one attached hydrogen (secondary N) is 1. The smallest absolute Gasteiger partial charge is 0.272 e. The third-order valence-corrected chi connectivity index (χ3v) is 5.96. The van der Waals surface area contributed by atoms with Crippen molar-refractivity contribution in [3.8, 4) is 5.75 Å². The van der Waals surface area contributed by atoms with Gasteiger partial charge in [0, 0.05) is 38.8 Å². The number of benzene rings is 2. The Hall–Kier alpha value is -3.49. The summed E-state index contributed by atoms with van der Waals surface area (Å²) in [6.45, 7) is 5.17. The highest BCUT2D eigenvalue weighted by atomic mass is 16.5. The topological polar surface area (TPSA) is 79.7 Å². The first-order valence-electron chi connectivity index (χ1n) is 11.6. The summed E-state index contributed by atoms with van der Waals surface area (Å²) in [6, 6.07) is 22.0. The van der Waals surface area contributed by atoms with Gasteiger partial charge in [-0.3, -0.25) is 14.5 Å². The van der Waals surface area contributed by atoms with Crippen LogP contribution >= 0.6 is 0 Å². The SMILES string of the molecule is CN1CCN(CC(NC(=O)c2ccc(=O)n(CCOc3ccccc3)n2)c2ccccc2)CC1. The maximum absolute atomic E-state index is 13.1. The van der Waals surface area contributed by atoms with Gasteiger partial charge in [-0.25, -0.2) is 4.68 Å². The van der Waals surface area contributed by atoms with E-state index in [1.165, 1.54) is 16.8 Å². The van der Waals surface area contributed by atoms with Crippen molar-refractivity contribution in [2.75, 3.05) is 46.4 Å². The van der Waals surface area contributed by atoms with Crippen molar-refractivity contribution in [3.05, 3.63) is 94.4 Å². The second kappa shape index (κ2) is 11.6. The standard InChI is InChI=1S/C26H31N5O3/c1-29-14-16-30(17-15-29)20-24(21-8-4-2-5-9-21)27-26(33)23-12-13-25(32)31(28-23)18-19-34-22-10-6-3-7-11-22/h2-13,24H,14-20H2,1H3,(H,27,33). The zero-order valence-electron chi connectivity index (χ0n) is 19.5. The number of rotatable bonds is 9. The Kier molecular flexibility index (Phi) is 8.06. The molecule has 8 heteroatoms. The number of likely N-dealkylation sites (N-methyl/N-ethyl adjacent to an activating group) is 1. The number of nitrogens with zero attached hydrogens (tertiary/aromatic N) is 4. The summed E-state index contributed by atoms with van der Waals surface area (Å²) < 4.78 is 6.94. The molecule has 0 saturated carbocycles. The molecule has 1 aromatic heterocycles. The largest absolute Gasteiger partial charge is 0.492 e. The number of ether oxygens (including phenoxy) is 1.